The van der Waals surface area contributed by atoms with E-state index < -0.39 is 0 Å². The highest BCUT2D eigenvalue weighted by molar-refractivity contribution is 9.10. The molecule has 0 aliphatic rings. The first kappa shape index (κ1) is 12.7. The van der Waals surface area contributed by atoms with Gasteiger partial charge in [-0.3, -0.25) is 0 Å². The van der Waals surface area contributed by atoms with Crippen LogP contribution in [-0.4, -0.2) is 13.6 Å². The highest BCUT2D eigenvalue weighted by atomic mass is 79.9. The van der Waals surface area contributed by atoms with Gasteiger partial charge in [-0.25, -0.2) is 0 Å². The Morgan fingerprint density at radius 1 is 1.20 bits per heavy atom. The molecule has 0 saturated carbocycles. The average Bonchev–Trinajstić information content (AvgIpc) is 2.27. The summed E-state index contributed by atoms with van der Waals surface area (Å²) in [6.45, 7) is 5.56. The maximum atomic E-state index is 3.66. The zero-order valence-electron chi connectivity index (χ0n) is 9.81. The van der Waals surface area contributed by atoms with Crippen molar-refractivity contribution in [2.45, 2.75) is 32.1 Å². The highest BCUT2D eigenvalue weighted by Gasteiger charge is 2.29. The fourth-order valence-corrected chi connectivity index (χ4v) is 2.91. The Kier molecular flexibility index (Phi) is 4.81. The number of benzene rings is 1. The summed E-state index contributed by atoms with van der Waals surface area (Å²) < 4.78 is 1.23. The minimum Gasteiger partial charge on any atom is -0.319 e. The van der Waals surface area contributed by atoms with Crippen molar-refractivity contribution >= 4 is 15.9 Å². The number of nitrogens with one attached hydrogen (secondary N) is 1. The minimum absolute atomic E-state index is 0.259. The zero-order valence-corrected chi connectivity index (χ0v) is 11.4. The first-order chi connectivity index (χ1) is 7.20. The molecular weight excluding hydrogens is 250 g/mol. The van der Waals surface area contributed by atoms with Crippen molar-refractivity contribution in [3.05, 3.63) is 34.3 Å². The Morgan fingerprint density at radius 2 is 1.80 bits per heavy atom. The standard InChI is InChI=1S/C13H20BrN/c1-4-13(5-2,10-15-3)11-8-6-7-9-12(11)14/h6-9,15H,4-5,10H2,1-3H3. The number of likely N-dealkylation sites (N-methyl/N-ethyl adjacent to an activating group) is 1. The van der Waals surface area contributed by atoms with Gasteiger partial charge in [0, 0.05) is 16.4 Å². The van der Waals surface area contributed by atoms with Crippen molar-refractivity contribution in [3.63, 3.8) is 0 Å². The van der Waals surface area contributed by atoms with Crippen LogP contribution < -0.4 is 5.32 Å². The van der Waals surface area contributed by atoms with Gasteiger partial charge in [-0.05, 0) is 31.5 Å². The summed E-state index contributed by atoms with van der Waals surface area (Å²) in [4.78, 5) is 0. The van der Waals surface area contributed by atoms with Crippen molar-refractivity contribution < 1.29 is 0 Å². The van der Waals surface area contributed by atoms with Crippen molar-refractivity contribution in [1.29, 1.82) is 0 Å². The lowest BCUT2D eigenvalue weighted by atomic mass is 9.76. The molecule has 15 heavy (non-hydrogen) atoms. The number of hydrogen-bond acceptors (Lipinski definition) is 1. The largest absolute Gasteiger partial charge is 0.319 e. The van der Waals surface area contributed by atoms with E-state index >= 15 is 0 Å². The van der Waals surface area contributed by atoms with Gasteiger partial charge in [-0.1, -0.05) is 48.0 Å². The van der Waals surface area contributed by atoms with Gasteiger partial charge in [0.25, 0.3) is 0 Å². The second-order valence-electron chi connectivity index (χ2n) is 4.00. The fraction of sp³-hybridized carbons (Fsp3) is 0.538. The summed E-state index contributed by atoms with van der Waals surface area (Å²) in [5, 5.41) is 3.32. The zero-order chi connectivity index (χ0) is 11.3. The van der Waals surface area contributed by atoms with Crippen LogP contribution in [0.25, 0.3) is 0 Å². The molecule has 1 N–H and O–H groups in total. The Bertz CT molecular complexity index is 305. The summed E-state index contributed by atoms with van der Waals surface area (Å²) in [6, 6.07) is 8.55. The molecular formula is C13H20BrN. The van der Waals surface area contributed by atoms with Gasteiger partial charge in [0.2, 0.25) is 0 Å². The monoisotopic (exact) mass is 269 g/mol. The van der Waals surface area contributed by atoms with Crippen LogP contribution in [0.5, 0.6) is 0 Å². The third kappa shape index (κ3) is 2.61. The van der Waals surface area contributed by atoms with Gasteiger partial charge >= 0.3 is 0 Å². The predicted octanol–water partition coefficient (Wildman–Crippen LogP) is 3.73. The third-order valence-corrected chi connectivity index (χ3v) is 4.01. The van der Waals surface area contributed by atoms with E-state index in [-0.39, 0.29) is 5.41 Å². The molecule has 1 aromatic rings. The van der Waals surface area contributed by atoms with Crippen LogP contribution in [0.2, 0.25) is 0 Å². The molecule has 0 radical (unpaired) electrons. The van der Waals surface area contributed by atoms with Gasteiger partial charge in [0.15, 0.2) is 0 Å². The molecule has 0 saturated heterocycles. The Labute approximate surface area is 101 Å². The first-order valence-corrected chi connectivity index (χ1v) is 6.39. The molecule has 0 unspecified atom stereocenters. The molecule has 84 valence electrons. The van der Waals surface area contributed by atoms with E-state index in [2.05, 4.69) is 59.4 Å². The van der Waals surface area contributed by atoms with Crippen LogP contribution in [0, 0.1) is 0 Å². The van der Waals surface area contributed by atoms with Crippen molar-refractivity contribution in [1.82, 2.24) is 5.32 Å². The molecule has 0 aromatic heterocycles. The van der Waals surface area contributed by atoms with E-state index in [1.807, 2.05) is 7.05 Å². The second-order valence-corrected chi connectivity index (χ2v) is 4.85. The van der Waals surface area contributed by atoms with Crippen molar-refractivity contribution in [2.24, 2.45) is 0 Å². The molecule has 0 fully saturated rings. The van der Waals surface area contributed by atoms with Gasteiger partial charge in [-0.15, -0.1) is 0 Å². The van der Waals surface area contributed by atoms with Gasteiger partial charge in [0.05, 0.1) is 0 Å². The molecule has 2 heteroatoms. The highest BCUT2D eigenvalue weighted by Crippen LogP contribution is 2.35. The maximum absolute atomic E-state index is 3.66. The molecule has 0 atom stereocenters. The second kappa shape index (κ2) is 5.66. The van der Waals surface area contributed by atoms with Crippen LogP contribution >= 0.6 is 15.9 Å². The quantitative estimate of drug-likeness (QED) is 0.859. The van der Waals surface area contributed by atoms with Crippen LogP contribution in [0.1, 0.15) is 32.3 Å². The molecule has 0 bridgehead atoms. The third-order valence-electron chi connectivity index (χ3n) is 3.31. The fourth-order valence-electron chi connectivity index (χ4n) is 2.21. The smallest absolute Gasteiger partial charge is 0.0213 e. The van der Waals surface area contributed by atoms with Crippen molar-refractivity contribution in [3.8, 4) is 0 Å². The van der Waals surface area contributed by atoms with Crippen LogP contribution in [-0.2, 0) is 5.41 Å². The van der Waals surface area contributed by atoms with E-state index in [4.69, 9.17) is 0 Å². The number of halogens is 1. The normalized spacial score (nSPS) is 11.7. The van der Waals surface area contributed by atoms with E-state index in [0.717, 1.165) is 19.4 Å². The van der Waals surface area contributed by atoms with E-state index in [0.29, 0.717) is 0 Å². The molecule has 0 aliphatic heterocycles. The van der Waals surface area contributed by atoms with Crippen molar-refractivity contribution in [2.75, 3.05) is 13.6 Å². The van der Waals surface area contributed by atoms with E-state index in [1.54, 1.807) is 0 Å². The molecule has 0 heterocycles. The van der Waals surface area contributed by atoms with E-state index in [9.17, 15) is 0 Å². The van der Waals surface area contributed by atoms with Gasteiger partial charge in [0.1, 0.15) is 0 Å². The average molecular weight is 270 g/mol. The lowest BCUT2D eigenvalue weighted by Crippen LogP contribution is -2.36. The SMILES string of the molecule is CCC(CC)(CNC)c1ccccc1Br. The summed E-state index contributed by atoms with van der Waals surface area (Å²) in [5.74, 6) is 0. The molecule has 1 nitrogen and oxygen atoms in total. The Balaban J connectivity index is 3.13. The lowest BCUT2D eigenvalue weighted by Gasteiger charge is -2.33. The summed E-state index contributed by atoms with van der Waals surface area (Å²) >= 11 is 3.66. The molecule has 0 amide bonds. The van der Waals surface area contributed by atoms with E-state index in [1.165, 1.54) is 10.0 Å². The molecule has 0 aliphatic carbocycles. The topological polar surface area (TPSA) is 12.0 Å². The molecule has 0 spiro atoms. The minimum atomic E-state index is 0.259. The summed E-state index contributed by atoms with van der Waals surface area (Å²) in [7, 11) is 2.02. The Hall–Kier alpha value is -0.340. The van der Waals surface area contributed by atoms with Crippen LogP contribution in [0.15, 0.2) is 28.7 Å². The molecule has 1 aromatic carbocycles. The number of hydrogen-bond donors (Lipinski definition) is 1. The van der Waals surface area contributed by atoms with Gasteiger partial charge in [-0.2, -0.15) is 0 Å². The predicted molar refractivity (Wildman–Crippen MR) is 70.3 cm³/mol. The number of rotatable bonds is 5. The summed E-state index contributed by atoms with van der Waals surface area (Å²) in [6.07, 6.45) is 2.32. The van der Waals surface area contributed by atoms with Crippen LogP contribution in [0.4, 0.5) is 0 Å². The van der Waals surface area contributed by atoms with Gasteiger partial charge < -0.3 is 5.32 Å². The first-order valence-electron chi connectivity index (χ1n) is 5.59. The Morgan fingerprint density at radius 3 is 2.27 bits per heavy atom. The van der Waals surface area contributed by atoms with Crippen LogP contribution in [0.3, 0.4) is 0 Å². The molecule has 1 rings (SSSR count). The lowest BCUT2D eigenvalue weighted by molar-refractivity contribution is 0.379. The maximum Gasteiger partial charge on any atom is 0.0213 e. The summed E-state index contributed by atoms with van der Waals surface area (Å²) in [5.41, 5.74) is 1.68.